The number of carboxylic acid groups (broad SMARTS) is 1. The number of carboxylic acids is 1. The van der Waals surface area contributed by atoms with Crippen molar-refractivity contribution >= 4 is 11.9 Å². The molecule has 4 N–H and O–H groups in total. The summed E-state index contributed by atoms with van der Waals surface area (Å²) in [7, 11) is 0. The minimum absolute atomic E-state index is 0.0114. The molecule has 0 unspecified atom stereocenters. The maximum atomic E-state index is 13.1. The Bertz CT molecular complexity index is 1050. The number of amides is 1. The summed E-state index contributed by atoms with van der Waals surface area (Å²) >= 11 is 0. The quantitative estimate of drug-likeness (QED) is 0.449. The Morgan fingerprint density at radius 3 is 2.14 bits per heavy atom. The minimum atomic E-state index is -0.910. The van der Waals surface area contributed by atoms with Gasteiger partial charge in [0.2, 0.25) is 0 Å². The summed E-state index contributed by atoms with van der Waals surface area (Å²) in [6.45, 7) is 4.75. The number of aromatic hydroxyl groups is 2. The van der Waals surface area contributed by atoms with E-state index in [-0.39, 0.29) is 34.9 Å². The van der Waals surface area contributed by atoms with Crippen molar-refractivity contribution < 1.29 is 24.9 Å². The lowest BCUT2D eigenvalue weighted by Crippen LogP contribution is -2.47. The second kappa shape index (κ2) is 10.7. The van der Waals surface area contributed by atoms with Gasteiger partial charge >= 0.3 is 5.97 Å². The monoisotopic (exact) mass is 480 g/mol. The van der Waals surface area contributed by atoms with Crippen LogP contribution in [0.3, 0.4) is 0 Å². The van der Waals surface area contributed by atoms with Gasteiger partial charge in [0.05, 0.1) is 5.56 Å². The summed E-state index contributed by atoms with van der Waals surface area (Å²) in [6.07, 6.45) is 6.17. The first kappa shape index (κ1) is 25.0. The lowest BCUT2D eigenvalue weighted by Gasteiger charge is -2.34. The summed E-state index contributed by atoms with van der Waals surface area (Å²) in [4.78, 5) is 26.8. The molecule has 0 spiro atoms. The van der Waals surface area contributed by atoms with Gasteiger partial charge in [-0.3, -0.25) is 14.9 Å². The number of hydrogen-bond acceptors (Lipinski definition) is 5. The zero-order chi connectivity index (χ0) is 25.1. The highest BCUT2D eigenvalue weighted by molar-refractivity contribution is 5.97. The second-order valence-corrected chi connectivity index (χ2v) is 10.2. The Labute approximate surface area is 206 Å². The topological polar surface area (TPSA) is 110 Å². The fourth-order valence-corrected chi connectivity index (χ4v) is 5.41. The fraction of sp³-hybridized carbons (Fsp3) is 0.500. The van der Waals surface area contributed by atoms with Crippen LogP contribution in [0.5, 0.6) is 11.5 Å². The summed E-state index contributed by atoms with van der Waals surface area (Å²) in [6, 6.07) is 9.96. The molecule has 35 heavy (non-hydrogen) atoms. The number of rotatable bonds is 7. The number of nitrogens with one attached hydrogen (secondary N) is 1. The smallest absolute Gasteiger partial charge is 0.325 e. The Balaban J connectivity index is 1.38. The maximum absolute atomic E-state index is 13.1. The van der Waals surface area contributed by atoms with Crippen LogP contribution in [0, 0.1) is 0 Å². The third-order valence-corrected chi connectivity index (χ3v) is 7.53. The molecule has 1 atom stereocenters. The Hall–Kier alpha value is -3.06. The van der Waals surface area contributed by atoms with Gasteiger partial charge in [0.15, 0.2) is 0 Å². The third-order valence-electron chi connectivity index (χ3n) is 7.53. The van der Waals surface area contributed by atoms with Crippen molar-refractivity contribution in [2.45, 2.75) is 76.3 Å². The Morgan fingerprint density at radius 2 is 1.57 bits per heavy atom. The lowest BCUT2D eigenvalue weighted by molar-refractivity contribution is -0.140. The van der Waals surface area contributed by atoms with Crippen molar-refractivity contribution in [3.8, 4) is 11.5 Å². The van der Waals surface area contributed by atoms with E-state index < -0.39 is 12.0 Å². The zero-order valence-corrected chi connectivity index (χ0v) is 20.5. The summed E-state index contributed by atoms with van der Waals surface area (Å²) in [5.41, 5.74) is 2.84. The number of nitrogens with zero attached hydrogens (tertiary/aromatic N) is 1. The molecule has 1 saturated carbocycles. The van der Waals surface area contributed by atoms with E-state index in [1.165, 1.54) is 37.3 Å². The molecule has 1 heterocycles. The van der Waals surface area contributed by atoms with E-state index in [9.17, 15) is 24.9 Å². The predicted octanol–water partition coefficient (Wildman–Crippen LogP) is 4.90. The molecule has 7 heteroatoms. The number of likely N-dealkylation sites (tertiary alicyclic amines) is 1. The van der Waals surface area contributed by atoms with Crippen LogP contribution in [0.15, 0.2) is 36.4 Å². The van der Waals surface area contributed by atoms with Gasteiger partial charge in [-0.05, 0) is 60.3 Å². The van der Waals surface area contributed by atoms with Gasteiger partial charge in [-0.25, -0.2) is 0 Å². The molecule has 0 bridgehead atoms. The SMILES string of the molecule is CC(C)c1cc(C(=O)N2CCC(N[C@H](C(=O)O)c3ccc(C4CCCC4)cc3)CC2)c(O)cc1O. The molecule has 7 nitrogen and oxygen atoms in total. The first-order valence-electron chi connectivity index (χ1n) is 12.7. The van der Waals surface area contributed by atoms with Crippen molar-refractivity contribution in [2.24, 2.45) is 0 Å². The fourth-order valence-electron chi connectivity index (χ4n) is 5.41. The molecule has 188 valence electrons. The summed E-state index contributed by atoms with van der Waals surface area (Å²) < 4.78 is 0. The van der Waals surface area contributed by atoms with E-state index in [0.29, 0.717) is 37.4 Å². The van der Waals surface area contributed by atoms with Crippen molar-refractivity contribution in [1.82, 2.24) is 10.2 Å². The molecule has 0 radical (unpaired) electrons. The van der Waals surface area contributed by atoms with Crippen molar-refractivity contribution in [3.05, 3.63) is 58.7 Å². The van der Waals surface area contributed by atoms with E-state index in [1.807, 2.05) is 26.0 Å². The molecule has 0 aromatic heterocycles. The van der Waals surface area contributed by atoms with Crippen LogP contribution in [0.1, 0.15) is 97.3 Å². The normalized spacial score (nSPS) is 18.2. The van der Waals surface area contributed by atoms with E-state index >= 15 is 0 Å². The van der Waals surface area contributed by atoms with Crippen molar-refractivity contribution in [2.75, 3.05) is 13.1 Å². The predicted molar refractivity (Wildman–Crippen MR) is 134 cm³/mol. The van der Waals surface area contributed by atoms with Gasteiger partial charge in [0.25, 0.3) is 5.91 Å². The van der Waals surface area contributed by atoms with Crippen LogP contribution in [0.4, 0.5) is 0 Å². The van der Waals surface area contributed by atoms with Crippen LogP contribution >= 0.6 is 0 Å². The van der Waals surface area contributed by atoms with Gasteiger partial charge < -0.3 is 20.2 Å². The molecular formula is C28H36N2O5. The maximum Gasteiger partial charge on any atom is 0.325 e. The molecule has 1 saturated heterocycles. The molecule has 2 aliphatic rings. The van der Waals surface area contributed by atoms with E-state index in [4.69, 9.17) is 0 Å². The highest BCUT2D eigenvalue weighted by Crippen LogP contribution is 2.35. The molecule has 1 aliphatic carbocycles. The molecule has 4 rings (SSSR count). The molecule has 1 amide bonds. The number of carbonyl (C=O) groups excluding carboxylic acids is 1. The number of phenolic OH excluding ortho intramolecular Hbond substituents is 2. The Kier molecular flexibility index (Phi) is 7.65. The van der Waals surface area contributed by atoms with Gasteiger partial charge in [0.1, 0.15) is 17.5 Å². The zero-order valence-electron chi connectivity index (χ0n) is 20.5. The first-order chi connectivity index (χ1) is 16.7. The van der Waals surface area contributed by atoms with Crippen molar-refractivity contribution in [1.29, 1.82) is 0 Å². The average Bonchev–Trinajstić information content (AvgIpc) is 3.37. The number of aliphatic carboxylic acids is 1. The number of hydrogen-bond donors (Lipinski definition) is 4. The number of piperidine rings is 1. The van der Waals surface area contributed by atoms with Gasteiger partial charge in [0, 0.05) is 25.2 Å². The number of carbonyl (C=O) groups is 2. The summed E-state index contributed by atoms with van der Waals surface area (Å²) in [5, 5.41) is 33.5. The lowest BCUT2D eigenvalue weighted by atomic mass is 9.94. The van der Waals surface area contributed by atoms with E-state index in [0.717, 1.165) is 5.56 Å². The van der Waals surface area contributed by atoms with Crippen LogP contribution < -0.4 is 5.32 Å². The number of benzene rings is 2. The largest absolute Gasteiger partial charge is 0.508 e. The molecular weight excluding hydrogens is 444 g/mol. The first-order valence-corrected chi connectivity index (χ1v) is 12.7. The molecule has 1 aliphatic heterocycles. The third kappa shape index (κ3) is 5.61. The average molecular weight is 481 g/mol. The van der Waals surface area contributed by atoms with Crippen molar-refractivity contribution in [3.63, 3.8) is 0 Å². The highest BCUT2D eigenvalue weighted by Gasteiger charge is 2.30. The van der Waals surface area contributed by atoms with Gasteiger partial charge in [-0.1, -0.05) is 51.0 Å². The van der Waals surface area contributed by atoms with Crippen LogP contribution in [-0.4, -0.2) is 51.2 Å². The van der Waals surface area contributed by atoms with E-state index in [2.05, 4.69) is 17.4 Å². The number of phenols is 2. The molecule has 2 fully saturated rings. The second-order valence-electron chi connectivity index (χ2n) is 10.2. The van der Waals surface area contributed by atoms with Crippen LogP contribution in [0.25, 0.3) is 0 Å². The molecule has 2 aromatic rings. The summed E-state index contributed by atoms with van der Waals surface area (Å²) in [5.74, 6) is -0.839. The van der Waals surface area contributed by atoms with Gasteiger partial charge in [-0.15, -0.1) is 0 Å². The highest BCUT2D eigenvalue weighted by atomic mass is 16.4. The van der Waals surface area contributed by atoms with Crippen LogP contribution in [-0.2, 0) is 4.79 Å². The Morgan fingerprint density at radius 1 is 0.943 bits per heavy atom. The standard InChI is InChI=1S/C28H36N2O5/c1-17(2)22-15-23(25(32)16-24(22)31)27(33)30-13-11-21(12-14-30)29-26(28(34)35)20-9-7-19(8-10-20)18-5-3-4-6-18/h7-10,15-18,21,26,29,31-32H,3-6,11-14H2,1-2H3,(H,34,35)/t26-/m0/s1. The van der Waals surface area contributed by atoms with E-state index in [1.54, 1.807) is 11.0 Å². The van der Waals surface area contributed by atoms with Crippen LogP contribution in [0.2, 0.25) is 0 Å². The minimum Gasteiger partial charge on any atom is -0.508 e. The molecule has 2 aromatic carbocycles. The van der Waals surface area contributed by atoms with Gasteiger partial charge in [-0.2, -0.15) is 0 Å².